The first-order valence-electron chi connectivity index (χ1n) is 7.18. The number of halogens is 1. The van der Waals surface area contributed by atoms with Gasteiger partial charge in [0, 0.05) is 13.1 Å². The lowest BCUT2D eigenvalue weighted by Gasteiger charge is -2.31. The van der Waals surface area contributed by atoms with E-state index in [4.69, 9.17) is 16.9 Å². The monoisotopic (exact) mass is 326 g/mol. The molecule has 4 nitrogen and oxygen atoms in total. The van der Waals surface area contributed by atoms with Gasteiger partial charge in [0.05, 0.1) is 16.7 Å². The SMILES string of the molecule is CCCC1CCN(S(=O)(=O)c2cc(C#N)ccc2Cl)CC1. The second-order valence-corrected chi connectivity index (χ2v) is 7.71. The van der Waals surface area contributed by atoms with Crippen molar-refractivity contribution in [2.45, 2.75) is 37.5 Å². The highest BCUT2D eigenvalue weighted by Gasteiger charge is 2.30. The fraction of sp³-hybridized carbons (Fsp3) is 0.533. The molecule has 0 amide bonds. The van der Waals surface area contributed by atoms with Gasteiger partial charge in [0.25, 0.3) is 0 Å². The van der Waals surface area contributed by atoms with Gasteiger partial charge in [0.1, 0.15) is 4.90 Å². The third-order valence-electron chi connectivity index (χ3n) is 3.95. The Bertz CT molecular complexity index is 644. The highest BCUT2D eigenvalue weighted by Crippen LogP contribution is 2.30. The van der Waals surface area contributed by atoms with Crippen LogP contribution in [0.25, 0.3) is 0 Å². The van der Waals surface area contributed by atoms with Crippen molar-refractivity contribution in [3.63, 3.8) is 0 Å². The number of nitrogens with zero attached hydrogens (tertiary/aromatic N) is 2. The number of piperidine rings is 1. The van der Waals surface area contributed by atoms with Crippen molar-refractivity contribution in [1.29, 1.82) is 5.26 Å². The van der Waals surface area contributed by atoms with Crippen LogP contribution in [0.2, 0.25) is 5.02 Å². The maximum Gasteiger partial charge on any atom is 0.244 e. The molecule has 0 saturated carbocycles. The molecule has 1 aliphatic rings. The van der Waals surface area contributed by atoms with Crippen molar-refractivity contribution in [1.82, 2.24) is 4.31 Å². The van der Waals surface area contributed by atoms with Crippen LogP contribution in [0.5, 0.6) is 0 Å². The summed E-state index contributed by atoms with van der Waals surface area (Å²) >= 11 is 6.02. The van der Waals surface area contributed by atoms with Gasteiger partial charge in [-0.15, -0.1) is 0 Å². The molecule has 2 rings (SSSR count). The number of hydrogen-bond acceptors (Lipinski definition) is 3. The van der Waals surface area contributed by atoms with Gasteiger partial charge in [-0.05, 0) is 37.0 Å². The molecule has 6 heteroatoms. The predicted octanol–water partition coefficient (Wildman–Crippen LogP) is 3.41. The second-order valence-electron chi connectivity index (χ2n) is 5.39. The molecule has 0 radical (unpaired) electrons. The van der Waals surface area contributed by atoms with Crippen LogP contribution >= 0.6 is 11.6 Å². The van der Waals surface area contributed by atoms with E-state index in [-0.39, 0.29) is 9.92 Å². The minimum atomic E-state index is -3.61. The molecule has 0 spiro atoms. The van der Waals surface area contributed by atoms with Crippen molar-refractivity contribution in [2.75, 3.05) is 13.1 Å². The molecule has 1 aliphatic heterocycles. The summed E-state index contributed by atoms with van der Waals surface area (Å²) in [5, 5.41) is 9.09. The van der Waals surface area contributed by atoms with Crippen molar-refractivity contribution in [3.05, 3.63) is 28.8 Å². The molecule has 114 valence electrons. The lowest BCUT2D eigenvalue weighted by Crippen LogP contribution is -2.38. The van der Waals surface area contributed by atoms with Crippen molar-refractivity contribution in [2.24, 2.45) is 5.92 Å². The Morgan fingerprint density at radius 3 is 2.62 bits per heavy atom. The topological polar surface area (TPSA) is 61.2 Å². The summed E-state index contributed by atoms with van der Waals surface area (Å²) in [4.78, 5) is 0.0390. The average Bonchev–Trinajstić information content (AvgIpc) is 2.48. The fourth-order valence-corrected chi connectivity index (χ4v) is 4.73. The van der Waals surface area contributed by atoms with Crippen LogP contribution in [-0.4, -0.2) is 25.8 Å². The Labute approximate surface area is 131 Å². The van der Waals surface area contributed by atoms with Crippen LogP contribution in [0.4, 0.5) is 0 Å². The Morgan fingerprint density at radius 2 is 2.05 bits per heavy atom. The largest absolute Gasteiger partial charge is 0.244 e. The summed E-state index contributed by atoms with van der Waals surface area (Å²) in [6, 6.07) is 6.30. The van der Waals surface area contributed by atoms with E-state index in [1.165, 1.54) is 22.5 Å². The molecule has 0 unspecified atom stereocenters. The first-order valence-corrected chi connectivity index (χ1v) is 9.00. The van der Waals surface area contributed by atoms with Gasteiger partial charge in [-0.25, -0.2) is 8.42 Å². The van der Waals surface area contributed by atoms with Gasteiger partial charge in [-0.2, -0.15) is 9.57 Å². The smallest absolute Gasteiger partial charge is 0.207 e. The third kappa shape index (κ3) is 3.57. The van der Waals surface area contributed by atoms with E-state index in [9.17, 15) is 8.42 Å². The minimum Gasteiger partial charge on any atom is -0.207 e. The van der Waals surface area contributed by atoms with Crippen molar-refractivity contribution >= 4 is 21.6 Å². The highest BCUT2D eigenvalue weighted by molar-refractivity contribution is 7.89. The zero-order chi connectivity index (χ0) is 15.5. The lowest BCUT2D eigenvalue weighted by atomic mass is 9.94. The van der Waals surface area contributed by atoms with Crippen molar-refractivity contribution < 1.29 is 8.42 Å². The number of benzene rings is 1. The van der Waals surface area contributed by atoms with Crippen LogP contribution in [0, 0.1) is 17.2 Å². The summed E-state index contributed by atoms with van der Waals surface area (Å²) in [7, 11) is -3.61. The predicted molar refractivity (Wildman–Crippen MR) is 82.6 cm³/mol. The molecule has 1 aromatic carbocycles. The molecule has 1 saturated heterocycles. The van der Waals surface area contributed by atoms with Crippen molar-refractivity contribution in [3.8, 4) is 6.07 Å². The minimum absolute atomic E-state index is 0.0390. The number of sulfonamides is 1. The van der Waals surface area contributed by atoms with Gasteiger partial charge < -0.3 is 0 Å². The molecule has 1 heterocycles. The van der Waals surface area contributed by atoms with Gasteiger partial charge >= 0.3 is 0 Å². The molecule has 0 aromatic heterocycles. The third-order valence-corrected chi connectivity index (χ3v) is 6.33. The zero-order valence-corrected chi connectivity index (χ0v) is 13.6. The van der Waals surface area contributed by atoms with Crippen LogP contribution < -0.4 is 0 Å². The Morgan fingerprint density at radius 1 is 1.38 bits per heavy atom. The lowest BCUT2D eigenvalue weighted by molar-refractivity contribution is 0.262. The van der Waals surface area contributed by atoms with E-state index in [2.05, 4.69) is 6.92 Å². The molecule has 0 aliphatic carbocycles. The van der Waals surface area contributed by atoms with Crippen LogP contribution in [0.3, 0.4) is 0 Å². The highest BCUT2D eigenvalue weighted by atomic mass is 35.5. The molecular formula is C15H19ClN2O2S. The normalized spacial score (nSPS) is 17.6. The first kappa shape index (κ1) is 16.3. The number of hydrogen-bond donors (Lipinski definition) is 0. The number of rotatable bonds is 4. The first-order chi connectivity index (χ1) is 9.98. The molecule has 0 atom stereocenters. The summed E-state index contributed by atoms with van der Waals surface area (Å²) in [5.74, 6) is 0.613. The summed E-state index contributed by atoms with van der Waals surface area (Å²) < 4.78 is 26.8. The zero-order valence-electron chi connectivity index (χ0n) is 12.0. The van der Waals surface area contributed by atoms with Crippen LogP contribution in [0.15, 0.2) is 23.1 Å². The van der Waals surface area contributed by atoms with Crippen LogP contribution in [0.1, 0.15) is 38.2 Å². The molecule has 1 aromatic rings. The maximum absolute atomic E-state index is 12.7. The van der Waals surface area contributed by atoms with E-state index in [1.54, 1.807) is 0 Å². The number of nitriles is 1. The standard InChI is InChI=1S/C15H19ClN2O2S/c1-2-3-12-6-8-18(9-7-12)21(19,20)15-10-13(11-17)4-5-14(15)16/h4-5,10,12H,2-3,6-9H2,1H3. The van der Waals surface area contributed by atoms with E-state index in [1.807, 2.05) is 6.07 Å². The quantitative estimate of drug-likeness (QED) is 0.851. The molecule has 21 heavy (non-hydrogen) atoms. The average molecular weight is 327 g/mol. The molecule has 0 N–H and O–H groups in total. The maximum atomic E-state index is 12.7. The van der Waals surface area contributed by atoms with E-state index < -0.39 is 10.0 Å². The molecule has 1 fully saturated rings. The van der Waals surface area contributed by atoms with Crippen LogP contribution in [-0.2, 0) is 10.0 Å². The summed E-state index contributed by atoms with van der Waals surface area (Å²) in [5.41, 5.74) is 0.304. The van der Waals surface area contributed by atoms with Gasteiger partial charge in [-0.1, -0.05) is 31.4 Å². The Balaban J connectivity index is 2.22. The van der Waals surface area contributed by atoms with Gasteiger partial charge in [0.2, 0.25) is 10.0 Å². The van der Waals surface area contributed by atoms with E-state index >= 15 is 0 Å². The molecule has 0 bridgehead atoms. The van der Waals surface area contributed by atoms with Gasteiger partial charge in [-0.3, -0.25) is 0 Å². The summed E-state index contributed by atoms with van der Waals surface area (Å²) in [6.07, 6.45) is 4.07. The molecular weight excluding hydrogens is 308 g/mol. The fourth-order valence-electron chi connectivity index (χ4n) is 2.76. The second kappa shape index (κ2) is 6.78. The Hall–Kier alpha value is -1.09. The van der Waals surface area contributed by atoms with E-state index in [0.29, 0.717) is 24.6 Å². The Kier molecular flexibility index (Phi) is 5.26. The summed E-state index contributed by atoms with van der Waals surface area (Å²) in [6.45, 7) is 3.20. The van der Waals surface area contributed by atoms with Gasteiger partial charge in [0.15, 0.2) is 0 Å². The van der Waals surface area contributed by atoms with E-state index in [0.717, 1.165) is 25.7 Å².